The van der Waals surface area contributed by atoms with Crippen LogP contribution in [0.15, 0.2) is 18.2 Å². The molecule has 90 valence electrons. The van der Waals surface area contributed by atoms with Gasteiger partial charge in [0.25, 0.3) is 0 Å². The first kappa shape index (κ1) is 12.2. The van der Waals surface area contributed by atoms with Gasteiger partial charge >= 0.3 is 0 Å². The van der Waals surface area contributed by atoms with Crippen LogP contribution in [-0.4, -0.2) is 11.5 Å². The largest absolute Gasteiger partial charge is 0.385 e. The third-order valence-corrected chi connectivity index (χ3v) is 3.07. The smallest absolute Gasteiger partial charge is 0.0756 e. The second kappa shape index (κ2) is 4.92. The lowest BCUT2D eigenvalue weighted by Gasteiger charge is -2.12. The molecule has 1 aromatic carbocycles. The topological polar surface area (TPSA) is 24.9 Å². The van der Waals surface area contributed by atoms with Crippen molar-refractivity contribution in [2.24, 2.45) is 0 Å². The zero-order chi connectivity index (χ0) is 12.4. The highest BCUT2D eigenvalue weighted by atomic mass is 35.5. The lowest BCUT2D eigenvalue weighted by molar-refractivity contribution is 1.05. The van der Waals surface area contributed by atoms with Gasteiger partial charge in [0.15, 0.2) is 0 Å². The van der Waals surface area contributed by atoms with E-state index in [9.17, 15) is 0 Å². The number of nitrogens with zero attached hydrogens (tertiary/aromatic N) is 1. The zero-order valence-corrected chi connectivity index (χ0v) is 11.2. The van der Waals surface area contributed by atoms with Crippen molar-refractivity contribution < 1.29 is 0 Å². The highest BCUT2D eigenvalue weighted by Crippen LogP contribution is 2.29. The Labute approximate surface area is 107 Å². The number of nitrogens with one attached hydrogen (secondary N) is 1. The molecule has 0 aliphatic rings. The Morgan fingerprint density at radius 3 is 2.65 bits per heavy atom. The lowest BCUT2D eigenvalue weighted by atomic mass is 10.1. The Bertz CT molecular complexity index is 549. The van der Waals surface area contributed by atoms with E-state index in [0.29, 0.717) is 0 Å². The number of anilines is 1. The molecular weight excluding hydrogens is 232 g/mol. The van der Waals surface area contributed by atoms with Crippen molar-refractivity contribution in [1.82, 2.24) is 4.98 Å². The van der Waals surface area contributed by atoms with E-state index < -0.39 is 0 Å². The maximum absolute atomic E-state index is 6.11. The van der Waals surface area contributed by atoms with Crippen LogP contribution in [0.1, 0.15) is 25.1 Å². The molecule has 1 N–H and O–H groups in total. The predicted octanol–water partition coefficient (Wildman–Crippen LogP) is 4.19. The van der Waals surface area contributed by atoms with Crippen molar-refractivity contribution in [3.8, 4) is 0 Å². The summed E-state index contributed by atoms with van der Waals surface area (Å²) >= 11 is 6.11. The first-order valence-electron chi connectivity index (χ1n) is 5.99. The van der Waals surface area contributed by atoms with Crippen LogP contribution in [0, 0.1) is 6.92 Å². The Morgan fingerprint density at radius 2 is 2.00 bits per heavy atom. The molecule has 0 aliphatic carbocycles. The van der Waals surface area contributed by atoms with Crippen LogP contribution < -0.4 is 5.32 Å². The molecular formula is C14H17ClN2. The summed E-state index contributed by atoms with van der Waals surface area (Å²) < 4.78 is 0. The van der Waals surface area contributed by atoms with E-state index >= 15 is 0 Å². The minimum Gasteiger partial charge on any atom is -0.385 e. The van der Waals surface area contributed by atoms with Gasteiger partial charge in [-0.3, -0.25) is 4.98 Å². The Kier molecular flexibility index (Phi) is 3.53. The van der Waals surface area contributed by atoms with Gasteiger partial charge in [-0.1, -0.05) is 18.5 Å². The predicted molar refractivity (Wildman–Crippen MR) is 75.0 cm³/mol. The van der Waals surface area contributed by atoms with Gasteiger partial charge in [-0.2, -0.15) is 0 Å². The van der Waals surface area contributed by atoms with Gasteiger partial charge in [0.05, 0.1) is 5.52 Å². The van der Waals surface area contributed by atoms with Crippen LogP contribution in [0.25, 0.3) is 10.9 Å². The second-order valence-corrected chi connectivity index (χ2v) is 4.60. The molecule has 1 heterocycles. The molecule has 0 aliphatic heterocycles. The second-order valence-electron chi connectivity index (χ2n) is 4.16. The van der Waals surface area contributed by atoms with Gasteiger partial charge in [-0.15, -0.1) is 0 Å². The molecule has 2 nitrogen and oxygen atoms in total. The monoisotopic (exact) mass is 248 g/mol. The van der Waals surface area contributed by atoms with E-state index in [2.05, 4.69) is 37.1 Å². The highest BCUT2D eigenvalue weighted by Gasteiger charge is 2.08. The minimum atomic E-state index is 0.764. The number of rotatable bonds is 3. The fourth-order valence-electron chi connectivity index (χ4n) is 2.03. The van der Waals surface area contributed by atoms with Crippen molar-refractivity contribution in [3.05, 3.63) is 34.5 Å². The summed E-state index contributed by atoms with van der Waals surface area (Å²) in [7, 11) is 0. The molecule has 2 rings (SSSR count). The first-order valence-corrected chi connectivity index (χ1v) is 6.37. The molecule has 0 spiro atoms. The Balaban J connectivity index is 2.76. The Hall–Kier alpha value is -1.28. The van der Waals surface area contributed by atoms with Gasteiger partial charge in [0.1, 0.15) is 0 Å². The average Bonchev–Trinajstić information content (AvgIpc) is 2.30. The van der Waals surface area contributed by atoms with Crippen molar-refractivity contribution in [2.75, 3.05) is 11.9 Å². The van der Waals surface area contributed by atoms with Crippen molar-refractivity contribution in [1.29, 1.82) is 0 Å². The summed E-state index contributed by atoms with van der Waals surface area (Å²) in [4.78, 5) is 4.68. The lowest BCUT2D eigenvalue weighted by Crippen LogP contribution is -2.01. The van der Waals surface area contributed by atoms with Gasteiger partial charge in [-0.25, -0.2) is 0 Å². The third kappa shape index (κ3) is 2.37. The van der Waals surface area contributed by atoms with Crippen LogP contribution in [0.2, 0.25) is 5.02 Å². The molecule has 0 atom stereocenters. The summed E-state index contributed by atoms with van der Waals surface area (Å²) in [6.45, 7) is 7.16. The normalized spacial score (nSPS) is 10.8. The van der Waals surface area contributed by atoms with E-state index in [1.54, 1.807) is 0 Å². The van der Waals surface area contributed by atoms with E-state index in [0.717, 1.165) is 45.8 Å². The van der Waals surface area contributed by atoms with Crippen molar-refractivity contribution in [2.45, 2.75) is 27.2 Å². The fourth-order valence-corrected chi connectivity index (χ4v) is 2.30. The van der Waals surface area contributed by atoms with Gasteiger partial charge in [-0.05, 0) is 44.0 Å². The van der Waals surface area contributed by atoms with Crippen LogP contribution in [-0.2, 0) is 6.42 Å². The first-order chi connectivity index (χ1) is 8.15. The van der Waals surface area contributed by atoms with Gasteiger partial charge in [0, 0.05) is 28.3 Å². The molecule has 17 heavy (non-hydrogen) atoms. The number of benzene rings is 1. The minimum absolute atomic E-state index is 0.764. The molecule has 1 aromatic heterocycles. The van der Waals surface area contributed by atoms with Crippen LogP contribution in [0.3, 0.4) is 0 Å². The third-order valence-electron chi connectivity index (χ3n) is 2.85. The van der Waals surface area contributed by atoms with Crippen LogP contribution in [0.4, 0.5) is 5.69 Å². The maximum atomic E-state index is 6.11. The van der Waals surface area contributed by atoms with Crippen molar-refractivity contribution >= 4 is 28.2 Å². The molecule has 0 unspecified atom stereocenters. The SMILES string of the molecule is CCNc1cc(CC)nc2c(C)cc(Cl)cc12. The van der Waals surface area contributed by atoms with E-state index in [1.807, 2.05) is 12.1 Å². The van der Waals surface area contributed by atoms with Gasteiger partial charge in [0.2, 0.25) is 0 Å². The summed E-state index contributed by atoms with van der Waals surface area (Å²) in [6.07, 6.45) is 0.941. The van der Waals surface area contributed by atoms with Crippen LogP contribution >= 0.6 is 11.6 Å². The number of hydrogen-bond acceptors (Lipinski definition) is 2. The molecule has 2 aromatic rings. The summed E-state index contributed by atoms with van der Waals surface area (Å²) in [5.41, 5.74) is 4.41. The summed E-state index contributed by atoms with van der Waals surface area (Å²) in [5, 5.41) is 5.25. The number of halogens is 1. The standard InChI is InChI=1S/C14H17ClN2/c1-4-11-8-13(16-5-2)12-7-10(15)6-9(3)14(12)17-11/h6-8H,4-5H2,1-3H3,(H,16,17). The van der Waals surface area contributed by atoms with Gasteiger partial charge < -0.3 is 5.32 Å². The molecule has 0 fully saturated rings. The number of aryl methyl sites for hydroxylation is 2. The molecule has 0 bridgehead atoms. The van der Waals surface area contributed by atoms with Crippen molar-refractivity contribution in [3.63, 3.8) is 0 Å². The van der Waals surface area contributed by atoms with E-state index in [1.165, 1.54) is 0 Å². The zero-order valence-electron chi connectivity index (χ0n) is 10.5. The average molecular weight is 249 g/mol. The number of pyridine rings is 1. The summed E-state index contributed by atoms with van der Waals surface area (Å²) in [5.74, 6) is 0. The maximum Gasteiger partial charge on any atom is 0.0756 e. The number of aromatic nitrogens is 1. The highest BCUT2D eigenvalue weighted by molar-refractivity contribution is 6.31. The number of fused-ring (bicyclic) bond motifs is 1. The van der Waals surface area contributed by atoms with E-state index in [4.69, 9.17) is 11.6 Å². The fraction of sp³-hybridized carbons (Fsp3) is 0.357. The van der Waals surface area contributed by atoms with E-state index in [-0.39, 0.29) is 0 Å². The quantitative estimate of drug-likeness (QED) is 0.881. The molecule has 0 saturated heterocycles. The molecule has 0 amide bonds. The molecule has 0 saturated carbocycles. The number of hydrogen-bond donors (Lipinski definition) is 1. The summed E-state index contributed by atoms with van der Waals surface area (Å²) in [6, 6.07) is 6.06. The molecule has 0 radical (unpaired) electrons. The Morgan fingerprint density at radius 1 is 1.24 bits per heavy atom. The molecule has 3 heteroatoms. The van der Waals surface area contributed by atoms with Crippen LogP contribution in [0.5, 0.6) is 0 Å².